The van der Waals surface area contributed by atoms with Crippen LogP contribution in [0.2, 0.25) is 0 Å². The molecule has 104 valence electrons. The quantitative estimate of drug-likeness (QED) is 0.585. The first-order valence-corrected chi connectivity index (χ1v) is 6.13. The number of fused-ring (bicyclic) bond motifs is 1. The average molecular weight is 282 g/mol. The first-order valence-electron chi connectivity index (χ1n) is 6.13. The van der Waals surface area contributed by atoms with Gasteiger partial charge < -0.3 is 9.84 Å². The molecule has 0 bridgehead atoms. The lowest BCUT2D eigenvalue weighted by atomic mass is 10.1. The highest BCUT2D eigenvalue weighted by molar-refractivity contribution is 5.94. The SMILES string of the molecule is O=[N+]([O-])c1ccc(Oc2cccc(O)c2)c2cnccc12. The predicted octanol–water partition coefficient (Wildman–Crippen LogP) is 3.64. The van der Waals surface area contributed by atoms with Crippen molar-refractivity contribution in [2.45, 2.75) is 0 Å². The van der Waals surface area contributed by atoms with E-state index in [9.17, 15) is 15.2 Å². The van der Waals surface area contributed by atoms with Gasteiger partial charge in [-0.25, -0.2) is 0 Å². The molecular formula is C15H10N2O4. The molecule has 2 aromatic carbocycles. The summed E-state index contributed by atoms with van der Waals surface area (Å²) < 4.78 is 5.68. The summed E-state index contributed by atoms with van der Waals surface area (Å²) in [5.41, 5.74) is -0.00402. The molecule has 0 spiro atoms. The summed E-state index contributed by atoms with van der Waals surface area (Å²) in [6, 6.07) is 10.8. The summed E-state index contributed by atoms with van der Waals surface area (Å²) in [5.74, 6) is 0.958. The summed E-state index contributed by atoms with van der Waals surface area (Å²) >= 11 is 0. The van der Waals surface area contributed by atoms with Gasteiger partial charge in [-0.1, -0.05) is 6.07 Å². The fourth-order valence-corrected chi connectivity index (χ4v) is 2.07. The molecule has 0 fully saturated rings. The van der Waals surface area contributed by atoms with Crippen LogP contribution in [0.5, 0.6) is 17.2 Å². The Bertz CT molecular complexity index is 833. The maximum Gasteiger partial charge on any atom is 0.277 e. The monoisotopic (exact) mass is 282 g/mol. The number of aromatic hydroxyl groups is 1. The molecule has 0 aliphatic carbocycles. The van der Waals surface area contributed by atoms with Gasteiger partial charge in [-0.3, -0.25) is 15.1 Å². The molecule has 1 heterocycles. The van der Waals surface area contributed by atoms with Crippen molar-refractivity contribution in [1.29, 1.82) is 0 Å². The van der Waals surface area contributed by atoms with E-state index >= 15 is 0 Å². The van der Waals surface area contributed by atoms with E-state index in [0.717, 1.165) is 0 Å². The minimum absolute atomic E-state index is 0.00402. The summed E-state index contributed by atoms with van der Waals surface area (Å²) in [6.45, 7) is 0. The molecular weight excluding hydrogens is 272 g/mol. The van der Waals surface area contributed by atoms with Crippen molar-refractivity contribution in [3.8, 4) is 17.2 Å². The highest BCUT2D eigenvalue weighted by atomic mass is 16.6. The van der Waals surface area contributed by atoms with Gasteiger partial charge in [0.1, 0.15) is 17.2 Å². The van der Waals surface area contributed by atoms with Crippen molar-refractivity contribution in [2.24, 2.45) is 0 Å². The van der Waals surface area contributed by atoms with Gasteiger partial charge in [0.05, 0.1) is 10.3 Å². The summed E-state index contributed by atoms with van der Waals surface area (Å²) in [5, 5.41) is 21.5. The fraction of sp³-hybridized carbons (Fsp3) is 0. The van der Waals surface area contributed by atoms with Crippen molar-refractivity contribution in [3.05, 3.63) is 65.0 Å². The van der Waals surface area contributed by atoms with Crippen LogP contribution in [0, 0.1) is 10.1 Å². The minimum Gasteiger partial charge on any atom is -0.508 e. The number of ether oxygens (including phenoxy) is 1. The molecule has 0 radical (unpaired) electrons. The van der Waals surface area contributed by atoms with Crippen LogP contribution in [0.3, 0.4) is 0 Å². The molecule has 21 heavy (non-hydrogen) atoms. The van der Waals surface area contributed by atoms with Crippen molar-refractivity contribution in [3.63, 3.8) is 0 Å². The second kappa shape index (κ2) is 5.09. The fourth-order valence-electron chi connectivity index (χ4n) is 2.07. The molecule has 0 aliphatic rings. The van der Waals surface area contributed by atoms with Gasteiger partial charge in [0, 0.05) is 29.9 Å². The standard InChI is InChI=1S/C15H10N2O4/c18-10-2-1-3-11(8-10)21-15-5-4-14(17(19)20)12-6-7-16-9-13(12)15/h1-9,18H. The zero-order valence-corrected chi connectivity index (χ0v) is 10.8. The molecule has 1 N–H and O–H groups in total. The number of nitro benzene ring substituents is 1. The third kappa shape index (κ3) is 2.46. The molecule has 6 nitrogen and oxygen atoms in total. The van der Waals surface area contributed by atoms with Crippen molar-refractivity contribution in [2.75, 3.05) is 0 Å². The summed E-state index contributed by atoms with van der Waals surface area (Å²) in [4.78, 5) is 14.6. The first-order chi connectivity index (χ1) is 10.1. The third-order valence-corrected chi connectivity index (χ3v) is 3.00. The van der Waals surface area contributed by atoms with Gasteiger partial charge in [-0.15, -0.1) is 0 Å². The average Bonchev–Trinajstić information content (AvgIpc) is 2.47. The number of phenolic OH excluding ortho intramolecular Hbond substituents is 1. The molecule has 0 saturated heterocycles. The van der Waals surface area contributed by atoms with Gasteiger partial charge in [0.2, 0.25) is 0 Å². The number of benzene rings is 2. The van der Waals surface area contributed by atoms with Crippen molar-refractivity contribution >= 4 is 16.5 Å². The molecule has 1 aromatic heterocycles. The Morgan fingerprint density at radius 2 is 2.00 bits per heavy atom. The number of nitrogens with zero attached hydrogens (tertiary/aromatic N) is 2. The van der Waals surface area contributed by atoms with Crippen LogP contribution < -0.4 is 4.74 Å². The number of phenols is 1. The Labute approximate surface area is 119 Å². The van der Waals surface area contributed by atoms with Crippen LogP contribution in [0.15, 0.2) is 54.9 Å². The minimum atomic E-state index is -0.444. The Morgan fingerprint density at radius 3 is 2.76 bits per heavy atom. The van der Waals surface area contributed by atoms with Crippen LogP contribution in [0.25, 0.3) is 10.8 Å². The van der Waals surface area contributed by atoms with E-state index in [0.29, 0.717) is 22.3 Å². The first kappa shape index (κ1) is 12.9. The van der Waals surface area contributed by atoms with Gasteiger partial charge >= 0.3 is 0 Å². The maximum absolute atomic E-state index is 11.0. The Hall–Kier alpha value is -3.15. The van der Waals surface area contributed by atoms with E-state index in [4.69, 9.17) is 4.74 Å². The summed E-state index contributed by atoms with van der Waals surface area (Å²) in [7, 11) is 0. The van der Waals surface area contributed by atoms with Gasteiger partial charge in [-0.05, 0) is 24.3 Å². The van der Waals surface area contributed by atoms with E-state index in [2.05, 4.69) is 4.98 Å². The topological polar surface area (TPSA) is 85.5 Å². The highest BCUT2D eigenvalue weighted by Gasteiger charge is 2.15. The third-order valence-electron chi connectivity index (χ3n) is 3.00. The molecule has 0 aliphatic heterocycles. The zero-order valence-electron chi connectivity index (χ0n) is 10.8. The van der Waals surface area contributed by atoms with E-state index in [1.54, 1.807) is 18.2 Å². The second-order valence-electron chi connectivity index (χ2n) is 4.36. The predicted molar refractivity (Wildman–Crippen MR) is 76.6 cm³/mol. The van der Waals surface area contributed by atoms with Gasteiger partial charge in [0.25, 0.3) is 5.69 Å². The van der Waals surface area contributed by atoms with E-state index in [1.807, 2.05) is 0 Å². The van der Waals surface area contributed by atoms with E-state index in [1.165, 1.54) is 36.7 Å². The lowest BCUT2D eigenvalue weighted by Crippen LogP contribution is -1.92. The second-order valence-corrected chi connectivity index (χ2v) is 4.36. The number of hydrogen-bond acceptors (Lipinski definition) is 5. The normalized spacial score (nSPS) is 10.5. The van der Waals surface area contributed by atoms with Crippen LogP contribution in [-0.4, -0.2) is 15.0 Å². The number of non-ortho nitro benzene ring substituents is 1. The van der Waals surface area contributed by atoms with E-state index < -0.39 is 4.92 Å². The number of hydrogen-bond donors (Lipinski definition) is 1. The largest absolute Gasteiger partial charge is 0.508 e. The number of aromatic nitrogens is 1. The molecule has 0 atom stereocenters. The molecule has 6 heteroatoms. The van der Waals surface area contributed by atoms with Crippen LogP contribution >= 0.6 is 0 Å². The molecule has 0 amide bonds. The van der Waals surface area contributed by atoms with Gasteiger partial charge in [0.15, 0.2) is 0 Å². The van der Waals surface area contributed by atoms with E-state index in [-0.39, 0.29) is 11.4 Å². The number of nitro groups is 1. The molecule has 3 rings (SSSR count). The van der Waals surface area contributed by atoms with Crippen molar-refractivity contribution < 1.29 is 14.8 Å². The van der Waals surface area contributed by atoms with Crippen LogP contribution in [0.1, 0.15) is 0 Å². The highest BCUT2D eigenvalue weighted by Crippen LogP contribution is 2.35. The maximum atomic E-state index is 11.0. The van der Waals surface area contributed by atoms with Crippen molar-refractivity contribution in [1.82, 2.24) is 4.98 Å². The Kier molecular flexibility index (Phi) is 3.12. The molecule has 0 unspecified atom stereocenters. The molecule has 3 aromatic rings. The zero-order chi connectivity index (χ0) is 14.8. The lowest BCUT2D eigenvalue weighted by Gasteiger charge is -2.09. The smallest absolute Gasteiger partial charge is 0.277 e. The Balaban J connectivity index is 2.12. The number of rotatable bonds is 3. The van der Waals surface area contributed by atoms with Crippen LogP contribution in [0.4, 0.5) is 5.69 Å². The van der Waals surface area contributed by atoms with Crippen LogP contribution in [-0.2, 0) is 0 Å². The molecule has 0 saturated carbocycles. The lowest BCUT2D eigenvalue weighted by molar-refractivity contribution is -0.383. The van der Waals surface area contributed by atoms with Gasteiger partial charge in [-0.2, -0.15) is 0 Å². The number of pyridine rings is 1. The summed E-state index contributed by atoms with van der Waals surface area (Å²) in [6.07, 6.45) is 3.01. The Morgan fingerprint density at radius 1 is 1.14 bits per heavy atom.